The smallest absolute Gasteiger partial charge is 0.223 e. The van der Waals surface area contributed by atoms with Crippen molar-refractivity contribution in [1.82, 2.24) is 5.32 Å². The van der Waals surface area contributed by atoms with Crippen molar-refractivity contribution in [2.45, 2.75) is 24.8 Å². The van der Waals surface area contributed by atoms with E-state index in [-0.39, 0.29) is 25.5 Å². The number of carbonyl (C=O) groups is 1. The van der Waals surface area contributed by atoms with Gasteiger partial charge in [-0.2, -0.15) is 0 Å². The van der Waals surface area contributed by atoms with Crippen LogP contribution in [0.2, 0.25) is 5.02 Å². The molecule has 1 saturated heterocycles. The number of rotatable bonds is 6. The van der Waals surface area contributed by atoms with E-state index in [9.17, 15) is 9.90 Å². The van der Waals surface area contributed by atoms with E-state index in [1.54, 1.807) is 12.1 Å². The van der Waals surface area contributed by atoms with Gasteiger partial charge < -0.3 is 19.9 Å². The summed E-state index contributed by atoms with van der Waals surface area (Å²) in [6.45, 7) is 1.27. The molecule has 2 N–H and O–H groups in total. The number of hydrogen-bond acceptors (Lipinski definition) is 4. The van der Waals surface area contributed by atoms with Crippen LogP contribution in [0.15, 0.2) is 24.3 Å². The van der Waals surface area contributed by atoms with E-state index in [1.807, 2.05) is 12.1 Å². The molecule has 116 valence electrons. The highest BCUT2D eigenvalue weighted by Crippen LogP contribution is 2.23. The molecule has 0 bridgehead atoms. The lowest BCUT2D eigenvalue weighted by molar-refractivity contribution is -0.125. The minimum Gasteiger partial charge on any atom is -0.491 e. The molecular formula is C15H20ClNO4. The number of carbonyl (C=O) groups excluding carboxylic acids is 1. The highest BCUT2D eigenvalue weighted by Gasteiger charge is 2.33. The van der Waals surface area contributed by atoms with Gasteiger partial charge in [0.05, 0.1) is 30.2 Å². The Kier molecular flexibility index (Phi) is 5.85. The Hall–Kier alpha value is -1.30. The molecule has 1 aromatic carbocycles. The van der Waals surface area contributed by atoms with Crippen molar-refractivity contribution in [3.05, 3.63) is 29.3 Å². The lowest BCUT2D eigenvalue weighted by Gasteiger charge is -2.36. The minimum absolute atomic E-state index is 0.0759. The van der Waals surface area contributed by atoms with Gasteiger partial charge in [-0.15, -0.1) is 0 Å². The second-order valence-electron chi connectivity index (χ2n) is 5.13. The summed E-state index contributed by atoms with van der Waals surface area (Å²) >= 11 is 5.97. The van der Waals surface area contributed by atoms with Crippen molar-refractivity contribution in [3.8, 4) is 5.75 Å². The predicted octanol–water partition coefficient (Wildman–Crippen LogP) is 1.77. The van der Waals surface area contributed by atoms with E-state index < -0.39 is 5.54 Å². The van der Waals surface area contributed by atoms with Crippen LogP contribution >= 0.6 is 11.6 Å². The molecule has 0 spiro atoms. The molecule has 1 heterocycles. The number of para-hydroxylation sites is 1. The molecule has 0 unspecified atom stereocenters. The van der Waals surface area contributed by atoms with Gasteiger partial charge in [0, 0.05) is 13.2 Å². The minimum atomic E-state index is -0.556. The molecule has 0 aromatic heterocycles. The Morgan fingerprint density at radius 2 is 2.10 bits per heavy atom. The largest absolute Gasteiger partial charge is 0.491 e. The number of aliphatic hydroxyl groups is 1. The first-order chi connectivity index (χ1) is 10.2. The van der Waals surface area contributed by atoms with Crippen LogP contribution in [-0.4, -0.2) is 43.0 Å². The van der Waals surface area contributed by atoms with Gasteiger partial charge in [-0.05, 0) is 25.0 Å². The van der Waals surface area contributed by atoms with E-state index in [0.717, 1.165) is 0 Å². The van der Waals surface area contributed by atoms with Gasteiger partial charge >= 0.3 is 0 Å². The number of amides is 1. The number of halogens is 1. The molecule has 0 saturated carbocycles. The van der Waals surface area contributed by atoms with Crippen molar-refractivity contribution < 1.29 is 19.4 Å². The third-order valence-corrected chi connectivity index (χ3v) is 3.89. The second-order valence-corrected chi connectivity index (χ2v) is 5.54. The van der Waals surface area contributed by atoms with Crippen LogP contribution in [0.1, 0.15) is 19.3 Å². The summed E-state index contributed by atoms with van der Waals surface area (Å²) in [5.74, 6) is 0.424. The fraction of sp³-hybridized carbons (Fsp3) is 0.533. The van der Waals surface area contributed by atoms with Gasteiger partial charge in [0.15, 0.2) is 0 Å². The number of nitrogens with one attached hydrogen (secondary N) is 1. The molecule has 1 fully saturated rings. The van der Waals surface area contributed by atoms with Gasteiger partial charge in [-0.3, -0.25) is 4.79 Å². The Bertz CT molecular complexity index is 474. The molecule has 1 aromatic rings. The van der Waals surface area contributed by atoms with Gasteiger partial charge in [0.1, 0.15) is 5.75 Å². The summed E-state index contributed by atoms with van der Waals surface area (Å²) in [6.07, 6.45) is 1.47. The van der Waals surface area contributed by atoms with Crippen molar-refractivity contribution in [2.24, 2.45) is 0 Å². The molecule has 1 aliphatic heterocycles. The normalized spacial score (nSPS) is 17.2. The van der Waals surface area contributed by atoms with Gasteiger partial charge in [-0.1, -0.05) is 23.7 Å². The molecule has 0 atom stereocenters. The summed E-state index contributed by atoms with van der Waals surface area (Å²) in [6, 6.07) is 7.13. The second kappa shape index (κ2) is 7.64. The monoisotopic (exact) mass is 313 g/mol. The Morgan fingerprint density at radius 1 is 1.38 bits per heavy atom. The maximum Gasteiger partial charge on any atom is 0.223 e. The molecular weight excluding hydrogens is 294 g/mol. The quantitative estimate of drug-likeness (QED) is 0.840. The molecule has 1 amide bonds. The average molecular weight is 314 g/mol. The van der Waals surface area contributed by atoms with Crippen LogP contribution in [-0.2, 0) is 9.53 Å². The van der Waals surface area contributed by atoms with E-state index >= 15 is 0 Å². The van der Waals surface area contributed by atoms with Crippen LogP contribution in [0, 0.1) is 0 Å². The topological polar surface area (TPSA) is 67.8 Å². The summed E-state index contributed by atoms with van der Waals surface area (Å²) in [7, 11) is 0. The molecule has 21 heavy (non-hydrogen) atoms. The fourth-order valence-electron chi connectivity index (χ4n) is 2.26. The third-order valence-electron chi connectivity index (χ3n) is 3.58. The summed E-state index contributed by atoms with van der Waals surface area (Å²) < 4.78 is 10.7. The highest BCUT2D eigenvalue weighted by molar-refractivity contribution is 6.32. The van der Waals surface area contributed by atoms with E-state index in [1.165, 1.54) is 0 Å². The standard InChI is InChI=1S/C15H20ClNO4/c16-12-3-1-2-4-13(12)21-8-5-14(19)17-15(11-18)6-9-20-10-7-15/h1-4,18H,5-11H2,(H,17,19). The predicted molar refractivity (Wildman–Crippen MR) is 79.6 cm³/mol. The highest BCUT2D eigenvalue weighted by atomic mass is 35.5. The van der Waals surface area contributed by atoms with Gasteiger partial charge in [0.2, 0.25) is 5.91 Å². The molecule has 6 heteroatoms. The SMILES string of the molecule is O=C(CCOc1ccccc1Cl)NC1(CO)CCOCC1. The zero-order valence-corrected chi connectivity index (χ0v) is 12.6. The number of aliphatic hydroxyl groups excluding tert-OH is 1. The summed E-state index contributed by atoms with van der Waals surface area (Å²) in [4.78, 5) is 12.0. The summed E-state index contributed by atoms with van der Waals surface area (Å²) in [5, 5.41) is 12.9. The van der Waals surface area contributed by atoms with Gasteiger partial charge in [-0.25, -0.2) is 0 Å². The number of ether oxygens (including phenoxy) is 2. The van der Waals surface area contributed by atoms with Crippen LogP contribution < -0.4 is 10.1 Å². The van der Waals surface area contributed by atoms with E-state index in [4.69, 9.17) is 21.1 Å². The first-order valence-corrected chi connectivity index (χ1v) is 7.40. The first-order valence-electron chi connectivity index (χ1n) is 7.02. The van der Waals surface area contributed by atoms with Gasteiger partial charge in [0.25, 0.3) is 0 Å². The molecule has 5 nitrogen and oxygen atoms in total. The van der Waals surface area contributed by atoms with E-state index in [2.05, 4.69) is 5.32 Å². The Morgan fingerprint density at radius 3 is 2.76 bits per heavy atom. The van der Waals surface area contributed by atoms with Crippen LogP contribution in [0.5, 0.6) is 5.75 Å². The number of hydrogen-bond donors (Lipinski definition) is 2. The Labute approximate surface area is 129 Å². The van der Waals surface area contributed by atoms with Crippen LogP contribution in [0.25, 0.3) is 0 Å². The first kappa shape index (κ1) is 16.1. The fourth-order valence-corrected chi connectivity index (χ4v) is 2.45. The average Bonchev–Trinajstić information content (AvgIpc) is 2.50. The van der Waals surface area contributed by atoms with Crippen LogP contribution in [0.3, 0.4) is 0 Å². The van der Waals surface area contributed by atoms with Crippen molar-refractivity contribution in [2.75, 3.05) is 26.4 Å². The number of benzene rings is 1. The molecule has 0 radical (unpaired) electrons. The summed E-state index contributed by atoms with van der Waals surface area (Å²) in [5.41, 5.74) is -0.556. The molecule has 2 rings (SSSR count). The molecule has 1 aliphatic rings. The van der Waals surface area contributed by atoms with Crippen molar-refractivity contribution in [3.63, 3.8) is 0 Å². The Balaban J connectivity index is 1.78. The molecule has 0 aliphatic carbocycles. The van der Waals surface area contributed by atoms with Crippen LogP contribution in [0.4, 0.5) is 0 Å². The van der Waals surface area contributed by atoms with E-state index in [0.29, 0.717) is 36.8 Å². The lowest BCUT2D eigenvalue weighted by atomic mass is 9.91. The maximum absolute atomic E-state index is 12.0. The zero-order chi connectivity index (χ0) is 15.1. The third kappa shape index (κ3) is 4.59. The van der Waals surface area contributed by atoms with Crippen molar-refractivity contribution >= 4 is 17.5 Å². The maximum atomic E-state index is 12.0. The zero-order valence-electron chi connectivity index (χ0n) is 11.8. The lowest BCUT2D eigenvalue weighted by Crippen LogP contribution is -2.54. The van der Waals surface area contributed by atoms with Crippen molar-refractivity contribution in [1.29, 1.82) is 0 Å².